The lowest BCUT2D eigenvalue weighted by molar-refractivity contribution is -0.150. The Morgan fingerprint density at radius 1 is 1.00 bits per heavy atom. The lowest BCUT2D eigenvalue weighted by atomic mass is 9.52. The molecule has 4 nitrogen and oxygen atoms in total. The van der Waals surface area contributed by atoms with Gasteiger partial charge in [0.2, 0.25) is 0 Å². The normalized spacial score (nSPS) is 42.5. The van der Waals surface area contributed by atoms with Crippen LogP contribution in [0.2, 0.25) is 0 Å². The van der Waals surface area contributed by atoms with E-state index in [2.05, 4.69) is 5.32 Å². The molecule has 4 rings (SSSR count). The molecule has 0 unspecified atom stereocenters. The van der Waals surface area contributed by atoms with Crippen LogP contribution in [0.1, 0.15) is 32.1 Å². The molecular weight excluding hydrogens is 218 g/mol. The molecule has 4 bridgehead atoms. The number of hydrogen-bond acceptors (Lipinski definition) is 2. The summed E-state index contributed by atoms with van der Waals surface area (Å²) in [4.78, 5) is 21.5. The number of nitrogens with one attached hydrogen (secondary N) is 1. The van der Waals surface area contributed by atoms with Crippen molar-refractivity contribution in [3.8, 4) is 0 Å². The average Bonchev–Trinajstić information content (AvgIpc) is 2.26. The van der Waals surface area contributed by atoms with Gasteiger partial charge in [-0.1, -0.05) is 0 Å². The first-order chi connectivity index (χ1) is 8.13. The van der Waals surface area contributed by atoms with Gasteiger partial charge in [-0.25, -0.2) is 4.79 Å². The van der Waals surface area contributed by atoms with Gasteiger partial charge in [-0.15, -0.1) is 0 Å². The van der Waals surface area contributed by atoms with Crippen molar-refractivity contribution in [2.45, 2.75) is 32.1 Å². The third-order valence-electron chi connectivity index (χ3n) is 5.11. The van der Waals surface area contributed by atoms with Crippen molar-refractivity contribution in [1.82, 2.24) is 5.32 Å². The van der Waals surface area contributed by atoms with E-state index in [0.29, 0.717) is 12.5 Å². The Morgan fingerprint density at radius 3 is 2.00 bits per heavy atom. The SMILES string of the molecule is O=C(O)C(=O)NCC1C2CC3CC(C2)CC1C3. The molecule has 0 aliphatic heterocycles. The van der Waals surface area contributed by atoms with Crippen LogP contribution in [0, 0.1) is 29.6 Å². The molecule has 4 saturated carbocycles. The lowest BCUT2D eigenvalue weighted by Crippen LogP contribution is -2.49. The first kappa shape index (κ1) is 11.1. The predicted octanol–water partition coefficient (Wildman–Crippen LogP) is 1.26. The second-order valence-corrected chi connectivity index (χ2v) is 6.11. The number of carbonyl (C=O) groups is 2. The van der Waals surface area contributed by atoms with E-state index in [4.69, 9.17) is 5.11 Å². The van der Waals surface area contributed by atoms with Crippen molar-refractivity contribution in [2.24, 2.45) is 29.6 Å². The second-order valence-electron chi connectivity index (χ2n) is 6.11. The highest BCUT2D eigenvalue weighted by atomic mass is 16.4. The molecule has 0 aromatic rings. The predicted molar refractivity (Wildman–Crippen MR) is 61.2 cm³/mol. The van der Waals surface area contributed by atoms with Crippen LogP contribution in [-0.4, -0.2) is 23.5 Å². The van der Waals surface area contributed by atoms with Gasteiger partial charge in [-0.05, 0) is 61.7 Å². The Hall–Kier alpha value is -1.06. The van der Waals surface area contributed by atoms with E-state index in [-0.39, 0.29) is 0 Å². The van der Waals surface area contributed by atoms with Crippen molar-refractivity contribution < 1.29 is 14.7 Å². The highest BCUT2D eigenvalue weighted by molar-refractivity contribution is 6.31. The maximum Gasteiger partial charge on any atom is 0.394 e. The summed E-state index contributed by atoms with van der Waals surface area (Å²) in [6.07, 6.45) is 6.64. The lowest BCUT2D eigenvalue weighted by Gasteiger charge is -2.54. The van der Waals surface area contributed by atoms with E-state index >= 15 is 0 Å². The molecule has 17 heavy (non-hydrogen) atoms. The Kier molecular flexibility index (Phi) is 2.60. The number of carboxylic acid groups (broad SMARTS) is 1. The quantitative estimate of drug-likeness (QED) is 0.710. The third-order valence-corrected chi connectivity index (χ3v) is 5.11. The third kappa shape index (κ3) is 1.94. The first-order valence-corrected chi connectivity index (χ1v) is 6.64. The van der Waals surface area contributed by atoms with E-state index in [1.807, 2.05) is 0 Å². The zero-order valence-corrected chi connectivity index (χ0v) is 9.89. The fourth-order valence-electron chi connectivity index (χ4n) is 4.66. The second kappa shape index (κ2) is 4.00. The van der Waals surface area contributed by atoms with Crippen molar-refractivity contribution in [3.05, 3.63) is 0 Å². The topological polar surface area (TPSA) is 66.4 Å². The molecule has 0 aromatic heterocycles. The van der Waals surface area contributed by atoms with E-state index < -0.39 is 11.9 Å². The van der Waals surface area contributed by atoms with Gasteiger partial charge in [-0.3, -0.25) is 4.79 Å². The summed E-state index contributed by atoms with van der Waals surface area (Å²) in [6, 6.07) is 0. The van der Waals surface area contributed by atoms with Crippen molar-refractivity contribution in [2.75, 3.05) is 6.54 Å². The van der Waals surface area contributed by atoms with Gasteiger partial charge in [0.1, 0.15) is 0 Å². The molecule has 4 aliphatic rings. The molecule has 0 heterocycles. The summed E-state index contributed by atoms with van der Waals surface area (Å²) in [5, 5.41) is 11.1. The summed E-state index contributed by atoms with van der Waals surface area (Å²) in [7, 11) is 0. The zero-order valence-electron chi connectivity index (χ0n) is 9.89. The van der Waals surface area contributed by atoms with Gasteiger partial charge in [0.15, 0.2) is 0 Å². The van der Waals surface area contributed by atoms with Crippen LogP contribution in [0.15, 0.2) is 0 Å². The minimum Gasteiger partial charge on any atom is -0.474 e. The number of hydrogen-bond donors (Lipinski definition) is 2. The summed E-state index contributed by atoms with van der Waals surface area (Å²) in [5.74, 6) is 1.63. The van der Waals surface area contributed by atoms with Gasteiger partial charge < -0.3 is 10.4 Å². The minimum atomic E-state index is -1.37. The number of aliphatic carboxylic acids is 1. The number of carboxylic acids is 1. The Balaban J connectivity index is 1.61. The number of rotatable bonds is 2. The number of amides is 1. The molecule has 1 amide bonds. The highest BCUT2D eigenvalue weighted by Crippen LogP contribution is 2.56. The molecule has 0 atom stereocenters. The van der Waals surface area contributed by atoms with Crippen molar-refractivity contribution >= 4 is 11.9 Å². The maximum atomic E-state index is 11.1. The van der Waals surface area contributed by atoms with E-state index in [1.165, 1.54) is 32.1 Å². The van der Waals surface area contributed by atoms with Crippen molar-refractivity contribution in [1.29, 1.82) is 0 Å². The highest BCUT2D eigenvalue weighted by Gasteiger charge is 2.47. The minimum absolute atomic E-state index is 0.533. The van der Waals surface area contributed by atoms with E-state index in [1.54, 1.807) is 0 Å². The van der Waals surface area contributed by atoms with Crippen LogP contribution in [0.5, 0.6) is 0 Å². The molecule has 0 saturated heterocycles. The molecule has 94 valence electrons. The monoisotopic (exact) mass is 237 g/mol. The fraction of sp³-hybridized carbons (Fsp3) is 0.846. The molecule has 0 spiro atoms. The zero-order chi connectivity index (χ0) is 12.0. The van der Waals surface area contributed by atoms with Gasteiger partial charge in [0.05, 0.1) is 0 Å². The summed E-state index contributed by atoms with van der Waals surface area (Å²) in [5.41, 5.74) is 0. The van der Waals surface area contributed by atoms with Crippen LogP contribution in [0.4, 0.5) is 0 Å². The molecule has 0 aromatic carbocycles. The molecular formula is C13H19NO3. The Labute approximate surface area is 101 Å². The molecule has 4 heteroatoms. The molecule has 4 aliphatic carbocycles. The standard InChI is InChI=1S/C13H19NO3/c15-12(13(16)17)14-6-11-9-2-7-1-8(4-9)5-10(11)3-7/h7-11H,1-6H2,(H,14,15)(H,16,17). The van der Waals surface area contributed by atoms with Crippen LogP contribution in [-0.2, 0) is 9.59 Å². The van der Waals surface area contributed by atoms with Crippen LogP contribution in [0.3, 0.4) is 0 Å². The summed E-state index contributed by atoms with van der Waals surface area (Å²) in [6.45, 7) is 0.569. The van der Waals surface area contributed by atoms with E-state index in [0.717, 1.165) is 23.7 Å². The molecule has 0 radical (unpaired) electrons. The average molecular weight is 237 g/mol. The van der Waals surface area contributed by atoms with Gasteiger partial charge >= 0.3 is 11.9 Å². The largest absolute Gasteiger partial charge is 0.474 e. The smallest absolute Gasteiger partial charge is 0.394 e. The summed E-state index contributed by atoms with van der Waals surface area (Å²) < 4.78 is 0. The molecule has 2 N–H and O–H groups in total. The summed E-state index contributed by atoms with van der Waals surface area (Å²) >= 11 is 0. The van der Waals surface area contributed by atoms with Crippen molar-refractivity contribution in [3.63, 3.8) is 0 Å². The van der Waals surface area contributed by atoms with Crippen LogP contribution in [0.25, 0.3) is 0 Å². The van der Waals surface area contributed by atoms with Crippen LogP contribution < -0.4 is 5.32 Å². The Bertz CT molecular complexity index is 325. The van der Waals surface area contributed by atoms with Gasteiger partial charge in [0, 0.05) is 6.54 Å². The van der Waals surface area contributed by atoms with Gasteiger partial charge in [0.25, 0.3) is 0 Å². The first-order valence-electron chi connectivity index (χ1n) is 6.64. The number of carbonyl (C=O) groups excluding carboxylic acids is 1. The maximum absolute atomic E-state index is 11.1. The molecule has 4 fully saturated rings. The Morgan fingerprint density at radius 2 is 1.53 bits per heavy atom. The fourth-order valence-corrected chi connectivity index (χ4v) is 4.66. The van der Waals surface area contributed by atoms with Crippen LogP contribution >= 0.6 is 0 Å². The van der Waals surface area contributed by atoms with E-state index in [9.17, 15) is 9.59 Å². The van der Waals surface area contributed by atoms with Gasteiger partial charge in [-0.2, -0.15) is 0 Å².